The van der Waals surface area contributed by atoms with Crippen LogP contribution in [-0.4, -0.2) is 0 Å². The average Bonchev–Trinajstić information content (AvgIpc) is 2.49. The Labute approximate surface area is 121 Å². The summed E-state index contributed by atoms with van der Waals surface area (Å²) in [5.41, 5.74) is 5.26. The van der Waals surface area contributed by atoms with Crippen LogP contribution in [0.3, 0.4) is 0 Å². The highest BCUT2D eigenvalue weighted by Crippen LogP contribution is 2.23. The summed E-state index contributed by atoms with van der Waals surface area (Å²) < 4.78 is 0. The van der Waals surface area contributed by atoms with E-state index in [1.165, 1.54) is 11.1 Å². The molecule has 0 heterocycles. The Bertz CT molecular complexity index is 621. The summed E-state index contributed by atoms with van der Waals surface area (Å²) in [5.74, 6) is 0. The van der Waals surface area contributed by atoms with E-state index in [0.717, 1.165) is 17.7 Å². The molecular formula is C18H20N2. The van der Waals surface area contributed by atoms with Gasteiger partial charge in [-0.25, -0.2) is 0 Å². The molecule has 0 aliphatic rings. The fourth-order valence-corrected chi connectivity index (χ4v) is 2.24. The third-order valence-electron chi connectivity index (χ3n) is 3.56. The number of benzene rings is 2. The van der Waals surface area contributed by atoms with Crippen molar-refractivity contribution in [1.29, 1.82) is 5.26 Å². The Kier molecular flexibility index (Phi) is 4.42. The third-order valence-corrected chi connectivity index (χ3v) is 3.56. The summed E-state index contributed by atoms with van der Waals surface area (Å²) in [6.45, 7) is 6.27. The fraction of sp³-hybridized carbons (Fsp3) is 0.278. The van der Waals surface area contributed by atoms with Crippen molar-refractivity contribution in [2.24, 2.45) is 0 Å². The predicted molar refractivity (Wildman–Crippen MR) is 83.8 cm³/mol. The molecule has 2 nitrogen and oxygen atoms in total. The summed E-state index contributed by atoms with van der Waals surface area (Å²) in [5, 5.41) is 12.6. The van der Waals surface area contributed by atoms with Gasteiger partial charge in [-0.1, -0.05) is 37.3 Å². The summed E-state index contributed by atoms with van der Waals surface area (Å²) in [6, 6.07) is 17.0. The second kappa shape index (κ2) is 6.25. The zero-order valence-electron chi connectivity index (χ0n) is 12.3. The Hall–Kier alpha value is -2.27. The average molecular weight is 264 g/mol. The Morgan fingerprint density at radius 3 is 2.45 bits per heavy atom. The van der Waals surface area contributed by atoms with Gasteiger partial charge in [-0.2, -0.15) is 5.26 Å². The van der Waals surface area contributed by atoms with E-state index in [1.807, 2.05) is 25.1 Å². The van der Waals surface area contributed by atoms with Crippen LogP contribution >= 0.6 is 0 Å². The molecule has 0 bridgehead atoms. The standard InChI is InChI=1S/C18H20N2/c1-4-15-6-8-16(9-7-15)14(3)20-18-10-5-13(2)11-17(18)12-19/h5-11,14,20H,4H2,1-3H3. The van der Waals surface area contributed by atoms with Gasteiger partial charge in [0.05, 0.1) is 11.3 Å². The van der Waals surface area contributed by atoms with Crippen LogP contribution in [0.4, 0.5) is 5.69 Å². The molecule has 0 saturated carbocycles. The minimum atomic E-state index is 0.177. The number of nitrogens with one attached hydrogen (secondary N) is 1. The van der Waals surface area contributed by atoms with Gasteiger partial charge in [0.25, 0.3) is 0 Å². The lowest BCUT2D eigenvalue weighted by atomic mass is 10.0. The summed E-state index contributed by atoms with van der Waals surface area (Å²) in [7, 11) is 0. The van der Waals surface area contributed by atoms with Crippen LogP contribution < -0.4 is 5.32 Å². The number of nitriles is 1. The lowest BCUT2D eigenvalue weighted by molar-refractivity contribution is 0.882. The second-order valence-electron chi connectivity index (χ2n) is 5.12. The first kappa shape index (κ1) is 14.1. The molecule has 2 heteroatoms. The maximum Gasteiger partial charge on any atom is 0.101 e. The first-order chi connectivity index (χ1) is 9.63. The summed E-state index contributed by atoms with van der Waals surface area (Å²) in [4.78, 5) is 0. The van der Waals surface area contributed by atoms with Gasteiger partial charge in [0.1, 0.15) is 6.07 Å². The zero-order chi connectivity index (χ0) is 14.5. The van der Waals surface area contributed by atoms with Gasteiger partial charge >= 0.3 is 0 Å². The largest absolute Gasteiger partial charge is 0.377 e. The van der Waals surface area contributed by atoms with E-state index in [4.69, 9.17) is 0 Å². The molecule has 0 spiro atoms. The van der Waals surface area contributed by atoms with Gasteiger partial charge in [0.2, 0.25) is 0 Å². The Balaban J connectivity index is 2.18. The van der Waals surface area contributed by atoms with Gasteiger partial charge in [-0.15, -0.1) is 0 Å². The van der Waals surface area contributed by atoms with E-state index in [0.29, 0.717) is 5.56 Å². The molecule has 0 fully saturated rings. The number of hydrogen-bond donors (Lipinski definition) is 1. The van der Waals surface area contributed by atoms with Gasteiger partial charge in [0, 0.05) is 6.04 Å². The summed E-state index contributed by atoms with van der Waals surface area (Å²) in [6.07, 6.45) is 1.05. The predicted octanol–water partition coefficient (Wildman–Crippen LogP) is 4.60. The molecule has 0 amide bonds. The summed E-state index contributed by atoms with van der Waals surface area (Å²) >= 11 is 0. The molecule has 0 saturated heterocycles. The molecule has 2 aromatic rings. The minimum absolute atomic E-state index is 0.177. The quantitative estimate of drug-likeness (QED) is 0.875. The molecule has 1 atom stereocenters. The number of hydrogen-bond acceptors (Lipinski definition) is 2. The van der Waals surface area contributed by atoms with Gasteiger partial charge in [0.15, 0.2) is 0 Å². The number of rotatable bonds is 4. The van der Waals surface area contributed by atoms with E-state index < -0.39 is 0 Å². The van der Waals surface area contributed by atoms with Crippen molar-refractivity contribution in [2.45, 2.75) is 33.2 Å². The first-order valence-corrected chi connectivity index (χ1v) is 7.00. The molecule has 0 aliphatic heterocycles. The van der Waals surface area contributed by atoms with E-state index in [9.17, 15) is 5.26 Å². The topological polar surface area (TPSA) is 35.8 Å². The monoisotopic (exact) mass is 264 g/mol. The molecule has 2 aromatic carbocycles. The molecule has 1 N–H and O–H groups in total. The molecule has 2 rings (SSSR count). The number of nitrogens with zero attached hydrogens (tertiary/aromatic N) is 1. The molecule has 1 unspecified atom stereocenters. The highest BCUT2D eigenvalue weighted by molar-refractivity contribution is 5.59. The molecule has 102 valence electrons. The van der Waals surface area contributed by atoms with Gasteiger partial charge in [-0.3, -0.25) is 0 Å². The molecule has 0 aliphatic carbocycles. The first-order valence-electron chi connectivity index (χ1n) is 7.00. The van der Waals surface area contributed by atoms with Gasteiger partial charge in [-0.05, 0) is 49.1 Å². The smallest absolute Gasteiger partial charge is 0.101 e. The lowest BCUT2D eigenvalue weighted by Gasteiger charge is -2.17. The zero-order valence-corrected chi connectivity index (χ0v) is 12.3. The lowest BCUT2D eigenvalue weighted by Crippen LogP contribution is -2.08. The Morgan fingerprint density at radius 1 is 1.15 bits per heavy atom. The maximum absolute atomic E-state index is 9.20. The van der Waals surface area contributed by atoms with Crippen LogP contribution in [0.25, 0.3) is 0 Å². The van der Waals surface area contributed by atoms with Crippen LogP contribution in [0.1, 0.15) is 42.1 Å². The highest BCUT2D eigenvalue weighted by atomic mass is 14.9. The van der Waals surface area contributed by atoms with E-state index in [-0.39, 0.29) is 6.04 Å². The highest BCUT2D eigenvalue weighted by Gasteiger charge is 2.08. The normalized spacial score (nSPS) is 11.7. The van der Waals surface area contributed by atoms with Crippen molar-refractivity contribution in [2.75, 3.05) is 5.32 Å². The SMILES string of the molecule is CCc1ccc(C(C)Nc2ccc(C)cc2C#N)cc1. The van der Waals surface area contributed by atoms with Crippen molar-refractivity contribution >= 4 is 5.69 Å². The van der Waals surface area contributed by atoms with Crippen molar-refractivity contribution in [3.8, 4) is 6.07 Å². The van der Waals surface area contributed by atoms with Crippen molar-refractivity contribution in [1.82, 2.24) is 0 Å². The second-order valence-corrected chi connectivity index (χ2v) is 5.12. The van der Waals surface area contributed by atoms with Crippen LogP contribution in [0.2, 0.25) is 0 Å². The molecule has 0 aromatic heterocycles. The fourth-order valence-electron chi connectivity index (χ4n) is 2.24. The maximum atomic E-state index is 9.20. The van der Waals surface area contributed by atoms with Crippen LogP contribution in [0, 0.1) is 18.3 Å². The van der Waals surface area contributed by atoms with Crippen molar-refractivity contribution in [3.05, 3.63) is 64.7 Å². The van der Waals surface area contributed by atoms with E-state index >= 15 is 0 Å². The Morgan fingerprint density at radius 2 is 1.85 bits per heavy atom. The van der Waals surface area contributed by atoms with Gasteiger partial charge < -0.3 is 5.32 Å². The van der Waals surface area contributed by atoms with Crippen molar-refractivity contribution < 1.29 is 0 Å². The minimum Gasteiger partial charge on any atom is -0.377 e. The third kappa shape index (κ3) is 3.19. The number of aryl methyl sites for hydroxylation is 2. The molecule has 0 radical (unpaired) electrons. The van der Waals surface area contributed by atoms with Crippen LogP contribution in [-0.2, 0) is 6.42 Å². The van der Waals surface area contributed by atoms with Crippen LogP contribution in [0.5, 0.6) is 0 Å². The number of anilines is 1. The molecule has 20 heavy (non-hydrogen) atoms. The van der Waals surface area contributed by atoms with Crippen LogP contribution in [0.15, 0.2) is 42.5 Å². The van der Waals surface area contributed by atoms with Crippen molar-refractivity contribution in [3.63, 3.8) is 0 Å². The van der Waals surface area contributed by atoms with E-state index in [1.54, 1.807) is 0 Å². The van der Waals surface area contributed by atoms with E-state index in [2.05, 4.69) is 49.5 Å². The molecular weight excluding hydrogens is 244 g/mol.